The third-order valence-corrected chi connectivity index (χ3v) is 3.87. The Morgan fingerprint density at radius 1 is 1.19 bits per heavy atom. The molecular weight excluding hydrogens is 222 g/mol. The van der Waals surface area contributed by atoms with Crippen molar-refractivity contribution in [3.05, 3.63) is 21.4 Å². The Morgan fingerprint density at radius 2 is 2.00 bits per heavy atom. The van der Waals surface area contributed by atoms with Crippen LogP contribution in [0.2, 0.25) is 0 Å². The lowest BCUT2D eigenvalue weighted by molar-refractivity contribution is 0.0879. The molecule has 0 spiro atoms. The van der Waals surface area contributed by atoms with Crippen molar-refractivity contribution in [3.63, 3.8) is 0 Å². The zero-order valence-corrected chi connectivity index (χ0v) is 10.2. The number of hydrogen-bond donors (Lipinski definition) is 1. The molecule has 4 heteroatoms. The number of carbonyl (C=O) groups is 2. The number of aryl methyl sites for hydroxylation is 1. The van der Waals surface area contributed by atoms with Crippen molar-refractivity contribution >= 4 is 23.2 Å². The summed E-state index contributed by atoms with van der Waals surface area (Å²) < 4.78 is 0. The first-order chi connectivity index (χ1) is 7.74. The molecule has 0 radical (unpaired) electrons. The Morgan fingerprint density at radius 3 is 2.75 bits per heavy atom. The van der Waals surface area contributed by atoms with Crippen molar-refractivity contribution in [2.45, 2.75) is 39.0 Å². The van der Waals surface area contributed by atoms with Crippen LogP contribution in [0.3, 0.4) is 0 Å². The van der Waals surface area contributed by atoms with Crippen molar-refractivity contribution in [2.24, 2.45) is 0 Å². The molecule has 1 aromatic heterocycles. The van der Waals surface area contributed by atoms with Crippen LogP contribution in [0.25, 0.3) is 0 Å². The Hall–Kier alpha value is -1.16. The van der Waals surface area contributed by atoms with Crippen LogP contribution in [-0.4, -0.2) is 11.8 Å². The molecule has 2 heterocycles. The highest BCUT2D eigenvalue weighted by Gasteiger charge is 2.30. The molecule has 0 saturated heterocycles. The minimum Gasteiger partial charge on any atom is -0.288 e. The molecule has 0 bridgehead atoms. The highest BCUT2D eigenvalue weighted by atomic mass is 32.1. The van der Waals surface area contributed by atoms with Gasteiger partial charge in [-0.05, 0) is 12.8 Å². The molecule has 2 rings (SSSR count). The summed E-state index contributed by atoms with van der Waals surface area (Å²) in [7, 11) is 0. The number of fused-ring (bicyclic) bond motifs is 1. The van der Waals surface area contributed by atoms with Crippen molar-refractivity contribution in [2.75, 3.05) is 0 Å². The summed E-state index contributed by atoms with van der Waals surface area (Å²) in [5.41, 5.74) is 1.20. The van der Waals surface area contributed by atoms with E-state index in [0.717, 1.165) is 17.7 Å². The van der Waals surface area contributed by atoms with Gasteiger partial charge in [0, 0.05) is 10.3 Å². The minimum atomic E-state index is -0.240. The van der Waals surface area contributed by atoms with Crippen LogP contribution < -0.4 is 5.32 Å². The standard InChI is InChI=1S/C12H15NO2S/c1-2-3-4-5-6-9-10-8(7-16-9)11(14)13-12(10)15/h7H,2-6H2,1H3,(H,13,14,15). The predicted molar refractivity (Wildman–Crippen MR) is 64.0 cm³/mol. The second-order valence-corrected chi connectivity index (χ2v) is 5.01. The van der Waals surface area contributed by atoms with E-state index >= 15 is 0 Å². The number of imide groups is 1. The van der Waals surface area contributed by atoms with Gasteiger partial charge in [-0.1, -0.05) is 26.2 Å². The second-order valence-electron chi connectivity index (χ2n) is 4.04. The zero-order valence-electron chi connectivity index (χ0n) is 9.34. The van der Waals surface area contributed by atoms with Gasteiger partial charge in [0.05, 0.1) is 11.1 Å². The molecule has 1 N–H and O–H groups in total. The zero-order chi connectivity index (χ0) is 11.5. The number of unbranched alkanes of at least 4 members (excludes halogenated alkanes) is 3. The fraction of sp³-hybridized carbons (Fsp3) is 0.500. The van der Waals surface area contributed by atoms with Gasteiger partial charge in [-0.3, -0.25) is 14.9 Å². The van der Waals surface area contributed by atoms with E-state index in [2.05, 4.69) is 12.2 Å². The average molecular weight is 237 g/mol. The summed E-state index contributed by atoms with van der Waals surface area (Å²) in [5.74, 6) is -0.456. The lowest BCUT2D eigenvalue weighted by Gasteiger charge is -1.99. The van der Waals surface area contributed by atoms with Gasteiger partial charge in [0.15, 0.2) is 0 Å². The van der Waals surface area contributed by atoms with Gasteiger partial charge >= 0.3 is 0 Å². The van der Waals surface area contributed by atoms with Crippen molar-refractivity contribution in [3.8, 4) is 0 Å². The summed E-state index contributed by atoms with van der Waals surface area (Å²) >= 11 is 1.54. The first-order valence-corrected chi connectivity index (χ1v) is 6.58. The van der Waals surface area contributed by atoms with Gasteiger partial charge in [-0.2, -0.15) is 0 Å². The molecule has 1 aliphatic heterocycles. The predicted octanol–water partition coefficient (Wildman–Crippen LogP) is 2.75. The number of amides is 2. The topological polar surface area (TPSA) is 46.2 Å². The molecule has 0 unspecified atom stereocenters. The van der Waals surface area contributed by atoms with Crippen LogP contribution in [0.15, 0.2) is 5.38 Å². The quantitative estimate of drug-likeness (QED) is 0.632. The number of thiophene rings is 1. The Kier molecular flexibility index (Phi) is 3.39. The van der Waals surface area contributed by atoms with E-state index in [0.29, 0.717) is 11.1 Å². The van der Waals surface area contributed by atoms with Gasteiger partial charge < -0.3 is 0 Å². The summed E-state index contributed by atoms with van der Waals surface area (Å²) in [4.78, 5) is 23.9. The summed E-state index contributed by atoms with van der Waals surface area (Å²) in [6.45, 7) is 2.18. The first-order valence-electron chi connectivity index (χ1n) is 5.70. The molecule has 3 nitrogen and oxygen atoms in total. The van der Waals surface area contributed by atoms with E-state index in [1.165, 1.54) is 30.6 Å². The molecule has 1 aromatic rings. The van der Waals surface area contributed by atoms with Crippen LogP contribution in [0, 0.1) is 0 Å². The third-order valence-electron chi connectivity index (χ3n) is 2.82. The third kappa shape index (κ3) is 2.02. The molecule has 1 aliphatic rings. The van der Waals surface area contributed by atoms with Gasteiger partial charge in [-0.25, -0.2) is 0 Å². The molecular formula is C12H15NO2S. The van der Waals surface area contributed by atoms with Crippen LogP contribution in [0.5, 0.6) is 0 Å². The van der Waals surface area contributed by atoms with E-state index in [-0.39, 0.29) is 11.8 Å². The van der Waals surface area contributed by atoms with E-state index < -0.39 is 0 Å². The van der Waals surface area contributed by atoms with E-state index in [9.17, 15) is 9.59 Å². The van der Waals surface area contributed by atoms with E-state index in [1.54, 1.807) is 5.38 Å². The smallest absolute Gasteiger partial charge is 0.260 e. The molecule has 16 heavy (non-hydrogen) atoms. The first kappa shape index (κ1) is 11.3. The summed E-state index contributed by atoms with van der Waals surface area (Å²) in [6, 6.07) is 0. The van der Waals surface area contributed by atoms with Gasteiger partial charge in [0.2, 0.25) is 0 Å². The maximum Gasteiger partial charge on any atom is 0.260 e. The van der Waals surface area contributed by atoms with Crippen molar-refractivity contribution in [1.82, 2.24) is 5.32 Å². The fourth-order valence-electron chi connectivity index (χ4n) is 1.94. The molecule has 86 valence electrons. The maximum absolute atomic E-state index is 11.5. The molecule has 0 atom stereocenters. The molecule has 0 saturated carbocycles. The molecule has 0 fully saturated rings. The van der Waals surface area contributed by atoms with Crippen LogP contribution in [-0.2, 0) is 6.42 Å². The summed E-state index contributed by atoms with van der Waals surface area (Å²) in [5, 5.41) is 4.13. The van der Waals surface area contributed by atoms with Crippen LogP contribution in [0.4, 0.5) is 0 Å². The normalized spacial score (nSPS) is 14.1. The lowest BCUT2D eigenvalue weighted by Crippen LogP contribution is -2.20. The number of nitrogens with one attached hydrogen (secondary N) is 1. The van der Waals surface area contributed by atoms with Gasteiger partial charge in [0.25, 0.3) is 11.8 Å². The van der Waals surface area contributed by atoms with Crippen molar-refractivity contribution in [1.29, 1.82) is 0 Å². The average Bonchev–Trinajstić information content (AvgIpc) is 2.78. The Balaban J connectivity index is 2.04. The lowest BCUT2D eigenvalue weighted by atomic mass is 10.1. The van der Waals surface area contributed by atoms with E-state index in [4.69, 9.17) is 0 Å². The SMILES string of the molecule is CCCCCCc1scc2c1C(=O)NC2=O. The largest absolute Gasteiger partial charge is 0.288 e. The maximum atomic E-state index is 11.5. The van der Waals surface area contributed by atoms with Gasteiger partial charge in [0.1, 0.15) is 0 Å². The van der Waals surface area contributed by atoms with Crippen LogP contribution >= 0.6 is 11.3 Å². The Bertz CT molecular complexity index is 423. The number of carbonyl (C=O) groups excluding carboxylic acids is 2. The second kappa shape index (κ2) is 4.78. The summed E-state index contributed by atoms with van der Waals surface area (Å²) in [6.07, 6.45) is 5.65. The minimum absolute atomic E-state index is 0.216. The van der Waals surface area contributed by atoms with E-state index in [1.807, 2.05) is 0 Å². The number of hydrogen-bond acceptors (Lipinski definition) is 3. The fourth-order valence-corrected chi connectivity index (χ4v) is 3.01. The van der Waals surface area contributed by atoms with Crippen molar-refractivity contribution < 1.29 is 9.59 Å². The Labute approximate surface area is 98.9 Å². The highest BCUT2D eigenvalue weighted by Crippen LogP contribution is 2.28. The molecule has 2 amide bonds. The van der Waals surface area contributed by atoms with Crippen LogP contribution in [0.1, 0.15) is 58.2 Å². The molecule has 0 aromatic carbocycles. The monoisotopic (exact) mass is 237 g/mol. The van der Waals surface area contributed by atoms with Gasteiger partial charge in [-0.15, -0.1) is 11.3 Å². The highest BCUT2D eigenvalue weighted by molar-refractivity contribution is 7.10. The molecule has 0 aliphatic carbocycles. The number of rotatable bonds is 5.